The molecule has 0 amide bonds. The number of hydrogen-bond acceptors (Lipinski definition) is 3. The van der Waals surface area contributed by atoms with Gasteiger partial charge in [0.1, 0.15) is 0 Å². The molecule has 96 valence electrons. The first-order valence-electron chi connectivity index (χ1n) is 5.11. The fourth-order valence-corrected chi connectivity index (χ4v) is 0. The Morgan fingerprint density at radius 1 is 0.389 bits per heavy atom. The summed E-state index contributed by atoms with van der Waals surface area (Å²) in [4.78, 5) is 0. The van der Waals surface area contributed by atoms with Crippen molar-refractivity contribution in [3.63, 3.8) is 0 Å². The van der Waals surface area contributed by atoms with E-state index in [1.165, 1.54) is 0 Å². The molecular formula is C12H27K3O3. The molecule has 18 heavy (non-hydrogen) atoms. The van der Waals surface area contributed by atoms with Gasteiger partial charge in [-0.3, -0.25) is 0 Å². The summed E-state index contributed by atoms with van der Waals surface area (Å²) in [6.45, 7) is 14.7. The molecule has 0 aromatic rings. The third kappa shape index (κ3) is 355. The predicted octanol–water partition coefficient (Wildman–Crippen LogP) is -8.55. The summed E-state index contributed by atoms with van der Waals surface area (Å²) >= 11 is 0. The minimum atomic E-state index is -0.750. The van der Waals surface area contributed by atoms with Crippen molar-refractivity contribution in [1.29, 1.82) is 0 Å². The summed E-state index contributed by atoms with van der Waals surface area (Å²) < 4.78 is 0. The van der Waals surface area contributed by atoms with Crippen LogP contribution in [0.25, 0.3) is 0 Å². The van der Waals surface area contributed by atoms with E-state index in [-0.39, 0.29) is 154 Å². The van der Waals surface area contributed by atoms with Gasteiger partial charge in [0, 0.05) is 0 Å². The second-order valence-electron chi connectivity index (χ2n) is 6.34. The molecule has 0 atom stereocenters. The maximum atomic E-state index is 10.1. The van der Waals surface area contributed by atoms with E-state index in [2.05, 4.69) is 0 Å². The van der Waals surface area contributed by atoms with Crippen molar-refractivity contribution < 1.29 is 169 Å². The van der Waals surface area contributed by atoms with Gasteiger partial charge in [-0.1, -0.05) is 62.3 Å². The molecule has 0 N–H and O–H groups in total. The molecule has 0 saturated carbocycles. The van der Waals surface area contributed by atoms with Crippen molar-refractivity contribution in [2.75, 3.05) is 0 Å². The predicted molar refractivity (Wildman–Crippen MR) is 59.3 cm³/mol. The Morgan fingerprint density at radius 3 is 0.389 bits per heavy atom. The maximum absolute atomic E-state index is 10.1. The molecule has 0 aliphatic heterocycles. The third-order valence-electron chi connectivity index (χ3n) is 0. The summed E-state index contributed by atoms with van der Waals surface area (Å²) in [5.41, 5.74) is -2.25. The van der Waals surface area contributed by atoms with Crippen LogP contribution in [0.1, 0.15) is 62.3 Å². The monoisotopic (exact) mass is 336 g/mol. The fourth-order valence-electron chi connectivity index (χ4n) is 0. The van der Waals surface area contributed by atoms with Crippen LogP contribution in [0.3, 0.4) is 0 Å². The minimum Gasteiger partial charge on any atom is -0.850 e. The normalized spacial score (nSPS) is 10.0. The number of hydrogen-bond donors (Lipinski definition) is 0. The molecule has 0 unspecified atom stereocenters. The molecule has 0 aromatic carbocycles. The molecule has 3 nitrogen and oxygen atoms in total. The smallest absolute Gasteiger partial charge is 0.850 e. The van der Waals surface area contributed by atoms with Crippen LogP contribution < -0.4 is 169 Å². The quantitative estimate of drug-likeness (QED) is 0.413. The van der Waals surface area contributed by atoms with Crippen LogP contribution >= 0.6 is 0 Å². The van der Waals surface area contributed by atoms with Crippen LogP contribution in [-0.2, 0) is 0 Å². The van der Waals surface area contributed by atoms with Crippen molar-refractivity contribution >= 4 is 0 Å². The van der Waals surface area contributed by atoms with E-state index in [0.29, 0.717) is 0 Å². The Bertz CT molecular complexity index is 97.6. The van der Waals surface area contributed by atoms with E-state index < -0.39 is 16.8 Å². The second kappa shape index (κ2) is 18.1. The Morgan fingerprint density at radius 2 is 0.389 bits per heavy atom. The minimum absolute atomic E-state index is 0. The van der Waals surface area contributed by atoms with Crippen LogP contribution in [0.4, 0.5) is 0 Å². The summed E-state index contributed by atoms with van der Waals surface area (Å²) in [6.07, 6.45) is 0. The fraction of sp³-hybridized carbons (Fsp3) is 1.00. The van der Waals surface area contributed by atoms with Gasteiger partial charge >= 0.3 is 154 Å². The van der Waals surface area contributed by atoms with Crippen molar-refractivity contribution in [2.45, 2.75) is 79.1 Å². The molecule has 0 spiro atoms. The van der Waals surface area contributed by atoms with E-state index in [0.717, 1.165) is 0 Å². The molecular weight excluding hydrogens is 309 g/mol. The molecule has 0 rings (SSSR count). The Labute approximate surface area is 242 Å². The largest absolute Gasteiger partial charge is 1.00 e. The zero-order valence-electron chi connectivity index (χ0n) is 14.7. The Balaban J connectivity index is -0.0000000277. The van der Waals surface area contributed by atoms with Crippen molar-refractivity contribution in [1.82, 2.24) is 0 Å². The summed E-state index contributed by atoms with van der Waals surface area (Å²) in [6, 6.07) is 0. The van der Waals surface area contributed by atoms with Gasteiger partial charge in [0.25, 0.3) is 0 Å². The van der Waals surface area contributed by atoms with Gasteiger partial charge in [-0.15, -0.1) is 16.8 Å². The van der Waals surface area contributed by atoms with Gasteiger partial charge in [-0.05, 0) is 0 Å². The van der Waals surface area contributed by atoms with Crippen LogP contribution in [0, 0.1) is 0 Å². The Hall–Kier alpha value is 4.79. The van der Waals surface area contributed by atoms with E-state index in [1.807, 2.05) is 0 Å². The zero-order valence-corrected chi connectivity index (χ0v) is 24.1. The summed E-state index contributed by atoms with van der Waals surface area (Å²) in [7, 11) is 0. The van der Waals surface area contributed by atoms with Gasteiger partial charge in [0.2, 0.25) is 0 Å². The van der Waals surface area contributed by atoms with Crippen LogP contribution in [0.2, 0.25) is 0 Å². The molecule has 0 aliphatic carbocycles. The SMILES string of the molecule is CC(C)(C)[O-].CC(C)(C)[O-].CC(C)(C)[O-].[K+].[K+].[K+]. The molecule has 0 fully saturated rings. The van der Waals surface area contributed by atoms with Gasteiger partial charge in [-0.2, -0.15) is 0 Å². The van der Waals surface area contributed by atoms with E-state index in [9.17, 15) is 15.3 Å². The molecule has 0 heterocycles. The molecule has 0 saturated heterocycles. The van der Waals surface area contributed by atoms with Crippen molar-refractivity contribution in [3.05, 3.63) is 0 Å². The van der Waals surface area contributed by atoms with Crippen molar-refractivity contribution in [2.24, 2.45) is 0 Å². The summed E-state index contributed by atoms with van der Waals surface area (Å²) in [5.74, 6) is 0. The standard InChI is InChI=1S/3C4H9O.3K/c3*1-4(2,3)5;;;/h3*1-3H3;;;/q3*-1;3*+1. The maximum Gasteiger partial charge on any atom is 1.00 e. The van der Waals surface area contributed by atoms with E-state index in [4.69, 9.17) is 0 Å². The first-order chi connectivity index (χ1) is 6.00. The van der Waals surface area contributed by atoms with Crippen LogP contribution in [0.5, 0.6) is 0 Å². The Kier molecular flexibility index (Phi) is 38.7. The zero-order chi connectivity index (χ0) is 13.5. The van der Waals surface area contributed by atoms with Crippen LogP contribution in [0.15, 0.2) is 0 Å². The first kappa shape index (κ1) is 38.4. The average molecular weight is 337 g/mol. The summed E-state index contributed by atoms with van der Waals surface area (Å²) in [5, 5.41) is 30.3. The molecule has 0 radical (unpaired) electrons. The molecule has 0 aliphatic rings. The van der Waals surface area contributed by atoms with Gasteiger partial charge in [0.15, 0.2) is 0 Å². The van der Waals surface area contributed by atoms with Crippen molar-refractivity contribution in [3.8, 4) is 0 Å². The van der Waals surface area contributed by atoms with Gasteiger partial charge in [-0.25, -0.2) is 0 Å². The second-order valence-corrected chi connectivity index (χ2v) is 6.34. The van der Waals surface area contributed by atoms with Gasteiger partial charge < -0.3 is 15.3 Å². The topological polar surface area (TPSA) is 69.2 Å². The van der Waals surface area contributed by atoms with E-state index >= 15 is 0 Å². The molecule has 6 heteroatoms. The van der Waals surface area contributed by atoms with Gasteiger partial charge in [0.05, 0.1) is 0 Å². The first-order valence-corrected chi connectivity index (χ1v) is 5.11. The number of rotatable bonds is 0. The van der Waals surface area contributed by atoms with E-state index in [1.54, 1.807) is 62.3 Å². The molecule has 0 bridgehead atoms. The van der Waals surface area contributed by atoms with Crippen LogP contribution in [-0.4, -0.2) is 16.8 Å². The third-order valence-corrected chi connectivity index (χ3v) is 0. The average Bonchev–Trinajstić information content (AvgIpc) is 1.41. The molecule has 0 aromatic heterocycles.